The molecule has 0 N–H and O–H groups in total. The largest absolute Gasteiger partial charge is 0.455 e. The van der Waals surface area contributed by atoms with Gasteiger partial charge < -0.3 is 9.32 Å². The number of rotatable bonds is 6. The Labute approximate surface area is 179 Å². The molecule has 6 heteroatoms. The van der Waals surface area contributed by atoms with Gasteiger partial charge in [0, 0.05) is 37.6 Å². The van der Waals surface area contributed by atoms with Crippen LogP contribution in [0.15, 0.2) is 76.0 Å². The van der Waals surface area contributed by atoms with Gasteiger partial charge in [0.25, 0.3) is 5.91 Å². The summed E-state index contributed by atoms with van der Waals surface area (Å²) in [5, 5.41) is 0. The smallest absolute Gasteiger partial charge is 0.289 e. The van der Waals surface area contributed by atoms with Gasteiger partial charge in [0.05, 0.1) is 16.6 Å². The molecule has 1 aliphatic heterocycles. The topological polar surface area (TPSA) is 53.8 Å². The molecule has 1 unspecified atom stereocenters. The summed E-state index contributed by atoms with van der Waals surface area (Å²) in [6.07, 6.45) is 0. The predicted molar refractivity (Wildman–Crippen MR) is 118 cm³/mol. The van der Waals surface area contributed by atoms with Crippen LogP contribution in [0.1, 0.15) is 27.4 Å². The van der Waals surface area contributed by atoms with E-state index in [0.29, 0.717) is 24.6 Å². The summed E-state index contributed by atoms with van der Waals surface area (Å²) in [6, 6.07) is 21.5. The van der Waals surface area contributed by atoms with Gasteiger partial charge in [-0.15, -0.1) is 0 Å². The molecule has 4 rings (SSSR count). The Bertz CT molecular complexity index is 1020. The summed E-state index contributed by atoms with van der Waals surface area (Å²) in [5.74, 6) is 1.06. The van der Waals surface area contributed by atoms with Crippen molar-refractivity contribution in [2.24, 2.45) is 0 Å². The van der Waals surface area contributed by atoms with Crippen LogP contribution in [0.3, 0.4) is 0 Å². The summed E-state index contributed by atoms with van der Waals surface area (Å²) in [4.78, 5) is 17.8. The van der Waals surface area contributed by atoms with Crippen molar-refractivity contribution in [3.05, 3.63) is 89.4 Å². The molecular weight excluding hydrogens is 396 g/mol. The van der Waals surface area contributed by atoms with Gasteiger partial charge in [0.1, 0.15) is 5.76 Å². The highest BCUT2D eigenvalue weighted by molar-refractivity contribution is 7.84. The second-order valence-electron chi connectivity index (χ2n) is 7.63. The van der Waals surface area contributed by atoms with Crippen LogP contribution in [0.4, 0.5) is 0 Å². The lowest BCUT2D eigenvalue weighted by atomic mass is 10.2. The van der Waals surface area contributed by atoms with Gasteiger partial charge in [-0.05, 0) is 42.3 Å². The van der Waals surface area contributed by atoms with E-state index in [-0.39, 0.29) is 11.7 Å². The fourth-order valence-corrected chi connectivity index (χ4v) is 4.77. The van der Waals surface area contributed by atoms with Gasteiger partial charge >= 0.3 is 0 Å². The Morgan fingerprint density at radius 2 is 1.73 bits per heavy atom. The molecule has 2 heterocycles. The molecule has 30 heavy (non-hydrogen) atoms. The minimum absolute atomic E-state index is 0.0954. The highest BCUT2D eigenvalue weighted by Crippen LogP contribution is 2.18. The monoisotopic (exact) mass is 422 g/mol. The fraction of sp³-hybridized carbons (Fsp3) is 0.292. The van der Waals surface area contributed by atoms with E-state index in [4.69, 9.17) is 4.42 Å². The number of nitrogens with zero attached hydrogens (tertiary/aromatic N) is 2. The van der Waals surface area contributed by atoms with Gasteiger partial charge in [0.2, 0.25) is 0 Å². The Kier molecular flexibility index (Phi) is 6.45. The molecule has 1 aliphatic rings. The molecule has 5 nitrogen and oxygen atoms in total. The number of benzene rings is 2. The number of hydrogen-bond donors (Lipinski definition) is 0. The lowest BCUT2D eigenvalue weighted by molar-refractivity contribution is 0.0596. The standard InChI is InChI=1S/C24H26N2O3S/c1-19-6-5-9-22(16-19)30(28)18-21-10-11-23(29-21)24(27)26-14-12-25(13-15-26)17-20-7-3-2-4-8-20/h2-11,16H,12-15,17-18H2,1H3. The van der Waals surface area contributed by atoms with Crippen LogP contribution in [0.2, 0.25) is 0 Å². The summed E-state index contributed by atoms with van der Waals surface area (Å²) >= 11 is 0. The average Bonchev–Trinajstić information content (AvgIpc) is 3.23. The number of hydrogen-bond acceptors (Lipinski definition) is 4. The Morgan fingerprint density at radius 3 is 2.47 bits per heavy atom. The molecule has 0 spiro atoms. The van der Waals surface area contributed by atoms with Crippen molar-refractivity contribution in [1.29, 1.82) is 0 Å². The lowest BCUT2D eigenvalue weighted by Gasteiger charge is -2.34. The minimum Gasteiger partial charge on any atom is -0.455 e. The maximum Gasteiger partial charge on any atom is 0.289 e. The highest BCUT2D eigenvalue weighted by atomic mass is 32.2. The number of carbonyl (C=O) groups excluding carboxylic acids is 1. The first kappa shape index (κ1) is 20.6. The highest BCUT2D eigenvalue weighted by Gasteiger charge is 2.24. The second-order valence-corrected chi connectivity index (χ2v) is 9.08. The third kappa shape index (κ3) is 5.07. The Morgan fingerprint density at radius 1 is 0.967 bits per heavy atom. The van der Waals surface area contributed by atoms with Crippen molar-refractivity contribution in [2.75, 3.05) is 26.2 Å². The zero-order chi connectivity index (χ0) is 20.9. The van der Waals surface area contributed by atoms with Crippen LogP contribution in [-0.4, -0.2) is 46.1 Å². The van der Waals surface area contributed by atoms with Crippen LogP contribution in [-0.2, 0) is 23.1 Å². The third-order valence-electron chi connectivity index (χ3n) is 5.31. The number of furan rings is 1. The van der Waals surface area contributed by atoms with Crippen LogP contribution < -0.4 is 0 Å². The minimum atomic E-state index is -1.20. The average molecular weight is 423 g/mol. The summed E-state index contributed by atoms with van der Waals surface area (Å²) in [5.41, 5.74) is 2.36. The summed E-state index contributed by atoms with van der Waals surface area (Å²) < 4.78 is 18.3. The van der Waals surface area contributed by atoms with Gasteiger partial charge in [-0.25, -0.2) is 0 Å². The van der Waals surface area contributed by atoms with Crippen LogP contribution >= 0.6 is 0 Å². The SMILES string of the molecule is Cc1cccc(S(=O)Cc2ccc(C(=O)N3CCN(Cc4ccccc4)CC3)o2)c1. The van der Waals surface area contributed by atoms with Gasteiger partial charge in [0.15, 0.2) is 5.76 Å². The summed E-state index contributed by atoms with van der Waals surface area (Å²) in [7, 11) is -1.20. The molecular formula is C24H26N2O3S. The molecule has 0 saturated carbocycles. The van der Waals surface area contributed by atoms with Crippen LogP contribution in [0, 0.1) is 6.92 Å². The van der Waals surface area contributed by atoms with E-state index in [0.717, 1.165) is 30.1 Å². The van der Waals surface area contributed by atoms with Crippen molar-refractivity contribution in [3.8, 4) is 0 Å². The lowest BCUT2D eigenvalue weighted by Crippen LogP contribution is -2.48. The molecule has 156 valence electrons. The Hall–Kier alpha value is -2.70. The van der Waals surface area contributed by atoms with E-state index in [1.165, 1.54) is 5.56 Å². The van der Waals surface area contributed by atoms with Crippen molar-refractivity contribution in [1.82, 2.24) is 9.80 Å². The van der Waals surface area contributed by atoms with Crippen molar-refractivity contribution >= 4 is 16.7 Å². The molecule has 1 atom stereocenters. The Balaban J connectivity index is 1.31. The fourth-order valence-electron chi connectivity index (χ4n) is 3.65. The zero-order valence-corrected chi connectivity index (χ0v) is 17.9. The molecule has 1 saturated heterocycles. The molecule has 0 radical (unpaired) electrons. The van der Waals surface area contributed by atoms with Crippen LogP contribution in [0.5, 0.6) is 0 Å². The first-order chi connectivity index (χ1) is 14.6. The predicted octanol–water partition coefficient (Wildman–Crippen LogP) is 3.85. The number of amides is 1. The normalized spacial score (nSPS) is 15.8. The molecule has 0 bridgehead atoms. The van der Waals surface area contributed by atoms with E-state index < -0.39 is 10.8 Å². The van der Waals surface area contributed by atoms with E-state index in [9.17, 15) is 9.00 Å². The third-order valence-corrected chi connectivity index (χ3v) is 6.63. The first-order valence-electron chi connectivity index (χ1n) is 10.2. The maximum atomic E-state index is 12.8. The van der Waals surface area contributed by atoms with Gasteiger partial charge in [-0.2, -0.15) is 0 Å². The van der Waals surface area contributed by atoms with Gasteiger partial charge in [-0.3, -0.25) is 13.9 Å². The number of carbonyl (C=O) groups is 1. The summed E-state index contributed by atoms with van der Waals surface area (Å²) in [6.45, 7) is 5.91. The van der Waals surface area contributed by atoms with E-state index in [1.54, 1.807) is 12.1 Å². The van der Waals surface area contributed by atoms with E-state index in [2.05, 4.69) is 29.2 Å². The first-order valence-corrected chi connectivity index (χ1v) is 11.5. The van der Waals surface area contributed by atoms with Crippen molar-refractivity contribution < 1.29 is 13.4 Å². The molecule has 1 aromatic heterocycles. The maximum absolute atomic E-state index is 12.8. The van der Waals surface area contributed by atoms with E-state index >= 15 is 0 Å². The van der Waals surface area contributed by atoms with E-state index in [1.807, 2.05) is 42.2 Å². The molecule has 0 aliphatic carbocycles. The van der Waals surface area contributed by atoms with Crippen molar-refractivity contribution in [3.63, 3.8) is 0 Å². The molecule has 1 fully saturated rings. The van der Waals surface area contributed by atoms with Gasteiger partial charge in [-0.1, -0.05) is 42.5 Å². The zero-order valence-electron chi connectivity index (χ0n) is 17.1. The van der Waals surface area contributed by atoms with Crippen molar-refractivity contribution in [2.45, 2.75) is 24.1 Å². The van der Waals surface area contributed by atoms with Crippen LogP contribution in [0.25, 0.3) is 0 Å². The number of piperazine rings is 1. The molecule has 2 aromatic carbocycles. The number of aryl methyl sites for hydroxylation is 1. The quantitative estimate of drug-likeness (QED) is 0.605. The molecule has 3 aromatic rings. The second kappa shape index (κ2) is 9.41. The molecule has 1 amide bonds.